The van der Waals surface area contributed by atoms with Gasteiger partial charge >= 0.3 is 17.9 Å². The summed E-state index contributed by atoms with van der Waals surface area (Å²) in [6, 6.07) is 2.73. The predicted octanol–water partition coefficient (Wildman–Crippen LogP) is -1.91. The zero-order chi connectivity index (χ0) is 29.5. The highest BCUT2D eigenvalue weighted by Crippen LogP contribution is 2.08. The van der Waals surface area contributed by atoms with E-state index in [2.05, 4.69) is 16.0 Å². The highest BCUT2D eigenvalue weighted by molar-refractivity contribution is 5.94. The van der Waals surface area contributed by atoms with Crippen molar-refractivity contribution in [3.63, 3.8) is 0 Å². The number of rotatable bonds is 18. The molecule has 0 radical (unpaired) electrons. The molecule has 0 spiro atoms. The third-order valence-corrected chi connectivity index (χ3v) is 5.50. The minimum Gasteiger partial charge on any atom is -0.481 e. The SMILES string of the molecule is NC(=O)CCC(N)C(=O)NC(CCC(=O)O)C(=O)NC(Cc1ccccc1)C(=O)NC(CCC(=O)O)C(=O)O. The first kappa shape index (κ1) is 32.5. The Morgan fingerprint density at radius 3 is 1.67 bits per heavy atom. The number of benzene rings is 1. The van der Waals surface area contributed by atoms with Crippen LogP contribution in [0.25, 0.3) is 0 Å². The number of carbonyl (C=O) groups excluding carboxylic acids is 4. The van der Waals surface area contributed by atoms with Crippen LogP contribution in [0, 0.1) is 0 Å². The van der Waals surface area contributed by atoms with Gasteiger partial charge in [-0.15, -0.1) is 0 Å². The number of nitrogens with two attached hydrogens (primary N) is 2. The van der Waals surface area contributed by atoms with Gasteiger partial charge in [0, 0.05) is 25.7 Å². The molecule has 0 aromatic heterocycles. The van der Waals surface area contributed by atoms with Gasteiger partial charge in [0.1, 0.15) is 18.1 Å². The molecule has 4 unspecified atom stereocenters. The average Bonchev–Trinajstić information content (AvgIpc) is 2.86. The van der Waals surface area contributed by atoms with Gasteiger partial charge in [-0.1, -0.05) is 30.3 Å². The Balaban J connectivity index is 3.13. The molecule has 4 amide bonds. The highest BCUT2D eigenvalue weighted by atomic mass is 16.4. The molecule has 0 bridgehead atoms. The molecule has 1 rings (SSSR count). The number of nitrogens with one attached hydrogen (secondary N) is 3. The Hall–Kier alpha value is -4.53. The van der Waals surface area contributed by atoms with Crippen molar-refractivity contribution in [2.24, 2.45) is 11.5 Å². The first-order chi connectivity index (χ1) is 18.3. The first-order valence-corrected chi connectivity index (χ1v) is 12.0. The van der Waals surface area contributed by atoms with Crippen molar-refractivity contribution in [2.45, 2.75) is 69.1 Å². The second kappa shape index (κ2) is 16.3. The Morgan fingerprint density at radius 1 is 0.667 bits per heavy atom. The maximum absolute atomic E-state index is 13.1. The Labute approximate surface area is 223 Å². The summed E-state index contributed by atoms with van der Waals surface area (Å²) in [5.41, 5.74) is 11.3. The van der Waals surface area contributed by atoms with E-state index in [0.29, 0.717) is 5.56 Å². The van der Waals surface area contributed by atoms with Gasteiger partial charge in [-0.05, 0) is 24.8 Å². The molecule has 0 fully saturated rings. The van der Waals surface area contributed by atoms with Crippen LogP contribution in [0.2, 0.25) is 0 Å². The Kier molecular flexibility index (Phi) is 13.6. The number of carbonyl (C=O) groups is 7. The molecule has 15 heteroatoms. The summed E-state index contributed by atoms with van der Waals surface area (Å²) in [6.07, 6.45) is -2.28. The second-order valence-corrected chi connectivity index (χ2v) is 8.69. The van der Waals surface area contributed by atoms with Gasteiger partial charge in [-0.3, -0.25) is 28.8 Å². The van der Waals surface area contributed by atoms with E-state index in [9.17, 15) is 38.7 Å². The fraction of sp³-hybridized carbons (Fsp3) is 0.458. The standard InChI is InChI=1S/C24H33N5O10/c25-14(6-9-18(26)30)21(35)27-15(7-10-19(31)32)22(36)29-17(12-13-4-2-1-3-5-13)23(37)28-16(24(38)39)8-11-20(33)34/h1-5,14-17H,6-12,25H2,(H2,26,30)(H,27,35)(H,28,37)(H,29,36)(H,31,32)(H,33,34)(H,38,39). The third-order valence-electron chi connectivity index (χ3n) is 5.50. The van der Waals surface area contributed by atoms with Crippen LogP contribution in [-0.2, 0) is 40.0 Å². The Morgan fingerprint density at radius 2 is 1.15 bits per heavy atom. The predicted molar refractivity (Wildman–Crippen MR) is 134 cm³/mol. The van der Waals surface area contributed by atoms with Crippen molar-refractivity contribution in [1.29, 1.82) is 0 Å². The van der Waals surface area contributed by atoms with Gasteiger partial charge in [-0.2, -0.15) is 0 Å². The van der Waals surface area contributed by atoms with E-state index in [-0.39, 0.29) is 25.7 Å². The molecule has 0 aliphatic heterocycles. The van der Waals surface area contributed by atoms with Crippen LogP contribution in [0.15, 0.2) is 30.3 Å². The molecule has 1 aromatic rings. The summed E-state index contributed by atoms with van der Waals surface area (Å²) in [6.45, 7) is 0. The maximum atomic E-state index is 13.1. The van der Waals surface area contributed by atoms with E-state index in [1.807, 2.05) is 0 Å². The number of primary amides is 1. The number of aliphatic carboxylic acids is 3. The lowest BCUT2D eigenvalue weighted by Crippen LogP contribution is -2.57. The van der Waals surface area contributed by atoms with Crippen molar-refractivity contribution in [3.8, 4) is 0 Å². The summed E-state index contributed by atoms with van der Waals surface area (Å²) >= 11 is 0. The van der Waals surface area contributed by atoms with Crippen molar-refractivity contribution in [1.82, 2.24) is 16.0 Å². The van der Waals surface area contributed by atoms with Gasteiger partial charge in [0.2, 0.25) is 23.6 Å². The summed E-state index contributed by atoms with van der Waals surface area (Å²) in [5.74, 6) is -7.45. The lowest BCUT2D eigenvalue weighted by molar-refractivity contribution is -0.143. The van der Waals surface area contributed by atoms with Gasteiger partial charge in [-0.25, -0.2) is 4.79 Å². The van der Waals surface area contributed by atoms with Crippen LogP contribution < -0.4 is 27.4 Å². The summed E-state index contributed by atoms with van der Waals surface area (Å²) < 4.78 is 0. The molecular weight excluding hydrogens is 518 g/mol. The molecule has 4 atom stereocenters. The van der Waals surface area contributed by atoms with Gasteiger partial charge < -0.3 is 42.7 Å². The average molecular weight is 552 g/mol. The first-order valence-electron chi connectivity index (χ1n) is 12.0. The minimum atomic E-state index is -1.56. The molecule has 0 aliphatic rings. The molecule has 214 valence electrons. The third kappa shape index (κ3) is 13.0. The normalized spacial score (nSPS) is 13.7. The maximum Gasteiger partial charge on any atom is 0.326 e. The molecule has 0 saturated heterocycles. The topological polar surface area (TPSA) is 268 Å². The van der Waals surface area contributed by atoms with Crippen LogP contribution in [0.4, 0.5) is 0 Å². The number of hydrogen-bond acceptors (Lipinski definition) is 8. The van der Waals surface area contributed by atoms with E-state index < -0.39 is 85.0 Å². The Bertz CT molecular complexity index is 1050. The van der Waals surface area contributed by atoms with E-state index in [1.54, 1.807) is 30.3 Å². The van der Waals surface area contributed by atoms with Crippen LogP contribution in [0.1, 0.15) is 44.1 Å². The number of amides is 4. The summed E-state index contributed by atoms with van der Waals surface area (Å²) in [5, 5.41) is 34.2. The van der Waals surface area contributed by atoms with E-state index >= 15 is 0 Å². The van der Waals surface area contributed by atoms with E-state index in [1.165, 1.54) is 0 Å². The molecule has 0 aliphatic carbocycles. The lowest BCUT2D eigenvalue weighted by Gasteiger charge is -2.25. The molecule has 0 saturated carbocycles. The fourth-order valence-corrected chi connectivity index (χ4v) is 3.37. The van der Waals surface area contributed by atoms with Gasteiger partial charge in [0.05, 0.1) is 6.04 Å². The van der Waals surface area contributed by atoms with Crippen molar-refractivity contribution in [2.75, 3.05) is 0 Å². The van der Waals surface area contributed by atoms with Gasteiger partial charge in [0.25, 0.3) is 0 Å². The number of carboxylic acids is 3. The summed E-state index contributed by atoms with van der Waals surface area (Å²) in [4.78, 5) is 83.1. The molecule has 0 heterocycles. The van der Waals surface area contributed by atoms with Crippen molar-refractivity contribution >= 4 is 41.5 Å². The smallest absolute Gasteiger partial charge is 0.326 e. The van der Waals surface area contributed by atoms with E-state index in [4.69, 9.17) is 21.7 Å². The van der Waals surface area contributed by atoms with E-state index in [0.717, 1.165) is 0 Å². The monoisotopic (exact) mass is 551 g/mol. The summed E-state index contributed by atoms with van der Waals surface area (Å²) in [7, 11) is 0. The number of carboxylic acid groups (broad SMARTS) is 3. The number of hydrogen-bond donors (Lipinski definition) is 8. The van der Waals surface area contributed by atoms with Crippen molar-refractivity contribution in [3.05, 3.63) is 35.9 Å². The molecule has 1 aromatic carbocycles. The van der Waals surface area contributed by atoms with Crippen LogP contribution >= 0.6 is 0 Å². The van der Waals surface area contributed by atoms with Crippen molar-refractivity contribution < 1.29 is 48.9 Å². The lowest BCUT2D eigenvalue weighted by atomic mass is 10.0. The highest BCUT2D eigenvalue weighted by Gasteiger charge is 2.31. The minimum absolute atomic E-state index is 0.110. The van der Waals surface area contributed by atoms with Crippen LogP contribution in [0.3, 0.4) is 0 Å². The fourth-order valence-electron chi connectivity index (χ4n) is 3.37. The van der Waals surface area contributed by atoms with Gasteiger partial charge in [0.15, 0.2) is 0 Å². The quantitative estimate of drug-likeness (QED) is 0.0997. The second-order valence-electron chi connectivity index (χ2n) is 8.69. The zero-order valence-electron chi connectivity index (χ0n) is 21.0. The molecule has 15 nitrogen and oxygen atoms in total. The van der Waals surface area contributed by atoms with Crippen LogP contribution in [0.5, 0.6) is 0 Å². The molecule has 10 N–H and O–H groups in total. The molecular formula is C24H33N5O10. The van der Waals surface area contributed by atoms with Crippen LogP contribution in [-0.4, -0.2) is 81.0 Å². The zero-order valence-corrected chi connectivity index (χ0v) is 21.0. The molecule has 39 heavy (non-hydrogen) atoms. The largest absolute Gasteiger partial charge is 0.481 e.